The van der Waals surface area contributed by atoms with Crippen molar-refractivity contribution >= 4 is 12.1 Å². The molecule has 22 heavy (non-hydrogen) atoms. The fraction of sp³-hybridized carbons (Fsp3) is 0.875. The molecule has 1 amide bonds. The van der Waals surface area contributed by atoms with E-state index in [-0.39, 0.29) is 18.1 Å². The number of hydrogen-bond acceptors (Lipinski definition) is 3. The van der Waals surface area contributed by atoms with Gasteiger partial charge in [-0.15, -0.1) is 0 Å². The maximum absolute atomic E-state index is 11.9. The van der Waals surface area contributed by atoms with Crippen molar-refractivity contribution in [3.05, 3.63) is 0 Å². The zero-order valence-corrected chi connectivity index (χ0v) is 15.0. The fourth-order valence-corrected chi connectivity index (χ4v) is 2.01. The summed E-state index contributed by atoms with van der Waals surface area (Å²) in [7, 11) is 1.76. The highest BCUT2D eigenvalue weighted by molar-refractivity contribution is 5.80. The predicted molar refractivity (Wildman–Crippen MR) is 90.1 cm³/mol. The number of carbonyl (C=O) groups is 1. The van der Waals surface area contributed by atoms with Crippen molar-refractivity contribution in [3.8, 4) is 0 Å². The number of rotatable bonds is 5. The second-order valence-electron chi connectivity index (χ2n) is 7.41. The van der Waals surface area contributed by atoms with E-state index < -0.39 is 5.60 Å². The molecular formula is C16H32N4O2. The summed E-state index contributed by atoms with van der Waals surface area (Å²) in [6, 6.07) is 0.493. The fourth-order valence-electron chi connectivity index (χ4n) is 2.01. The third-order valence-corrected chi connectivity index (χ3v) is 3.65. The minimum Gasteiger partial charge on any atom is -0.444 e. The minimum absolute atomic E-state index is 0.0231. The Hall–Kier alpha value is -1.46. The van der Waals surface area contributed by atoms with E-state index in [1.54, 1.807) is 7.05 Å². The van der Waals surface area contributed by atoms with Gasteiger partial charge in [0, 0.05) is 19.6 Å². The molecule has 0 aliphatic heterocycles. The van der Waals surface area contributed by atoms with E-state index in [1.165, 1.54) is 6.42 Å². The Balaban J connectivity index is 2.44. The molecule has 3 N–H and O–H groups in total. The van der Waals surface area contributed by atoms with Gasteiger partial charge in [0.25, 0.3) is 0 Å². The molecule has 0 saturated heterocycles. The van der Waals surface area contributed by atoms with Crippen LogP contribution in [0, 0.1) is 11.8 Å². The molecule has 1 saturated carbocycles. The van der Waals surface area contributed by atoms with Gasteiger partial charge in [-0.25, -0.2) is 4.79 Å². The van der Waals surface area contributed by atoms with Crippen LogP contribution in [0.1, 0.15) is 48.0 Å². The molecule has 0 aromatic carbocycles. The molecule has 1 aliphatic rings. The summed E-state index contributed by atoms with van der Waals surface area (Å²) in [5.74, 6) is 1.78. The molecule has 0 heterocycles. The third-order valence-electron chi connectivity index (χ3n) is 3.65. The summed E-state index contributed by atoms with van der Waals surface area (Å²) in [5.41, 5.74) is -0.487. The molecule has 1 rings (SSSR count). The molecule has 0 bridgehead atoms. The molecule has 1 aliphatic carbocycles. The van der Waals surface area contributed by atoms with Crippen LogP contribution in [0.15, 0.2) is 4.99 Å². The van der Waals surface area contributed by atoms with Crippen LogP contribution < -0.4 is 16.0 Å². The van der Waals surface area contributed by atoms with Crippen molar-refractivity contribution in [2.45, 2.75) is 65.6 Å². The molecule has 0 spiro atoms. The van der Waals surface area contributed by atoms with Gasteiger partial charge in [-0.2, -0.15) is 0 Å². The molecule has 6 heteroatoms. The van der Waals surface area contributed by atoms with Crippen LogP contribution in [0.5, 0.6) is 0 Å². The van der Waals surface area contributed by atoms with Crippen LogP contribution in [0.2, 0.25) is 0 Å². The Labute approximate surface area is 134 Å². The van der Waals surface area contributed by atoms with Gasteiger partial charge in [0.1, 0.15) is 5.60 Å². The highest BCUT2D eigenvalue weighted by Gasteiger charge is 2.33. The first-order valence-corrected chi connectivity index (χ1v) is 8.09. The molecule has 3 atom stereocenters. The normalized spacial score (nSPS) is 23.0. The van der Waals surface area contributed by atoms with Crippen LogP contribution in [-0.4, -0.2) is 43.3 Å². The van der Waals surface area contributed by atoms with Gasteiger partial charge in [-0.1, -0.05) is 20.8 Å². The lowest BCUT2D eigenvalue weighted by atomic mass is 10.0. The van der Waals surface area contributed by atoms with Gasteiger partial charge in [0.15, 0.2) is 5.96 Å². The molecule has 128 valence electrons. The van der Waals surface area contributed by atoms with Crippen LogP contribution in [0.25, 0.3) is 0 Å². The summed E-state index contributed by atoms with van der Waals surface area (Å²) >= 11 is 0. The Kier molecular flexibility index (Phi) is 6.50. The molecule has 6 nitrogen and oxygen atoms in total. The number of ether oxygens (including phenoxy) is 1. The summed E-state index contributed by atoms with van der Waals surface area (Å²) < 4.78 is 5.32. The third kappa shape index (κ3) is 7.00. The van der Waals surface area contributed by atoms with Crippen molar-refractivity contribution in [1.82, 2.24) is 16.0 Å². The van der Waals surface area contributed by atoms with Gasteiger partial charge in [0.05, 0.1) is 6.04 Å². The highest BCUT2D eigenvalue weighted by atomic mass is 16.6. The van der Waals surface area contributed by atoms with E-state index in [1.807, 2.05) is 20.8 Å². The Bertz CT molecular complexity index is 401. The first-order valence-electron chi connectivity index (χ1n) is 8.09. The van der Waals surface area contributed by atoms with E-state index in [0.717, 1.165) is 5.96 Å². The average Bonchev–Trinajstić information content (AvgIpc) is 3.05. The SMILES string of the molecule is CN=C(NCC(NC(=O)OC(C)(C)C)C(C)C)NC1CC1C. The Morgan fingerprint density at radius 1 is 1.36 bits per heavy atom. The molecule has 3 unspecified atom stereocenters. The summed E-state index contributed by atoms with van der Waals surface area (Å²) in [6.45, 7) is 12.5. The highest BCUT2D eigenvalue weighted by Crippen LogP contribution is 2.28. The van der Waals surface area contributed by atoms with Crippen molar-refractivity contribution in [2.75, 3.05) is 13.6 Å². The minimum atomic E-state index is -0.487. The van der Waals surface area contributed by atoms with Crippen LogP contribution >= 0.6 is 0 Å². The van der Waals surface area contributed by atoms with Gasteiger partial charge < -0.3 is 20.7 Å². The van der Waals surface area contributed by atoms with Crippen molar-refractivity contribution < 1.29 is 9.53 Å². The maximum Gasteiger partial charge on any atom is 0.407 e. The first-order chi connectivity index (χ1) is 10.1. The second kappa shape index (κ2) is 7.70. The van der Waals surface area contributed by atoms with Gasteiger partial charge >= 0.3 is 6.09 Å². The number of amides is 1. The Morgan fingerprint density at radius 2 is 1.95 bits per heavy atom. The largest absolute Gasteiger partial charge is 0.444 e. The number of aliphatic imine (C=N–C) groups is 1. The topological polar surface area (TPSA) is 74.8 Å². The van der Waals surface area contributed by atoms with E-state index >= 15 is 0 Å². The van der Waals surface area contributed by atoms with E-state index in [9.17, 15) is 4.79 Å². The zero-order valence-electron chi connectivity index (χ0n) is 15.0. The number of guanidine groups is 1. The molecule has 0 radical (unpaired) electrons. The van der Waals surface area contributed by atoms with Crippen molar-refractivity contribution in [2.24, 2.45) is 16.8 Å². The van der Waals surface area contributed by atoms with Gasteiger partial charge in [-0.3, -0.25) is 4.99 Å². The molecular weight excluding hydrogens is 280 g/mol. The zero-order chi connectivity index (χ0) is 16.9. The first kappa shape index (κ1) is 18.6. The smallest absolute Gasteiger partial charge is 0.407 e. The molecule has 0 aromatic rings. The van der Waals surface area contributed by atoms with E-state index in [0.29, 0.717) is 18.5 Å². The number of carbonyl (C=O) groups excluding carboxylic acids is 1. The second-order valence-corrected chi connectivity index (χ2v) is 7.41. The summed E-state index contributed by atoms with van der Waals surface area (Å²) in [5, 5.41) is 9.57. The van der Waals surface area contributed by atoms with Crippen molar-refractivity contribution in [1.29, 1.82) is 0 Å². The monoisotopic (exact) mass is 312 g/mol. The average molecular weight is 312 g/mol. The lowest BCUT2D eigenvalue weighted by Crippen LogP contribution is -2.50. The molecule has 0 aromatic heterocycles. The Morgan fingerprint density at radius 3 is 2.36 bits per heavy atom. The predicted octanol–water partition coefficient (Wildman–Crippen LogP) is 2.11. The number of nitrogens with zero attached hydrogens (tertiary/aromatic N) is 1. The number of alkyl carbamates (subject to hydrolysis) is 1. The van der Waals surface area contributed by atoms with Crippen LogP contribution in [-0.2, 0) is 4.74 Å². The van der Waals surface area contributed by atoms with E-state index in [2.05, 4.69) is 41.7 Å². The van der Waals surface area contributed by atoms with Gasteiger partial charge in [-0.05, 0) is 39.0 Å². The number of nitrogens with one attached hydrogen (secondary N) is 3. The van der Waals surface area contributed by atoms with Crippen LogP contribution in [0.4, 0.5) is 4.79 Å². The van der Waals surface area contributed by atoms with Crippen molar-refractivity contribution in [3.63, 3.8) is 0 Å². The van der Waals surface area contributed by atoms with Crippen LogP contribution in [0.3, 0.4) is 0 Å². The summed E-state index contributed by atoms with van der Waals surface area (Å²) in [4.78, 5) is 16.1. The summed E-state index contributed by atoms with van der Waals surface area (Å²) in [6.07, 6.45) is 0.802. The standard InChI is InChI=1S/C16H32N4O2/c1-10(2)13(20-15(21)22-16(4,5)6)9-18-14(17-7)19-12-8-11(12)3/h10-13H,8-9H2,1-7H3,(H,20,21)(H2,17,18,19). The quantitative estimate of drug-likeness (QED) is 0.537. The van der Waals surface area contributed by atoms with E-state index in [4.69, 9.17) is 4.74 Å². The number of hydrogen-bond donors (Lipinski definition) is 3. The molecule has 1 fully saturated rings. The maximum atomic E-state index is 11.9. The van der Waals surface area contributed by atoms with Gasteiger partial charge in [0.2, 0.25) is 0 Å². The lowest BCUT2D eigenvalue weighted by molar-refractivity contribution is 0.0491. The lowest BCUT2D eigenvalue weighted by Gasteiger charge is -2.26.